The van der Waals surface area contributed by atoms with Gasteiger partial charge in [-0.05, 0) is 12.3 Å². The summed E-state index contributed by atoms with van der Waals surface area (Å²) in [5.74, 6) is 0.323. The van der Waals surface area contributed by atoms with Gasteiger partial charge in [0.05, 0.1) is 12.1 Å². The lowest BCUT2D eigenvalue weighted by atomic mass is 9.92. The minimum atomic E-state index is -1.20. The first-order valence-electron chi connectivity index (χ1n) is 4.88. The Kier molecular flexibility index (Phi) is 3.86. The molecule has 5 heteroatoms. The number of aliphatic hydroxyl groups excluding tert-OH is 3. The summed E-state index contributed by atoms with van der Waals surface area (Å²) in [7, 11) is 0. The second kappa shape index (κ2) is 4.55. The summed E-state index contributed by atoms with van der Waals surface area (Å²) in [4.78, 5) is 0. The van der Waals surface area contributed by atoms with E-state index >= 15 is 0 Å². The highest BCUT2D eigenvalue weighted by Gasteiger charge is 2.41. The van der Waals surface area contributed by atoms with Crippen LogP contribution in [0.2, 0.25) is 0 Å². The van der Waals surface area contributed by atoms with Crippen molar-refractivity contribution in [1.82, 2.24) is 0 Å². The second-order valence-electron chi connectivity index (χ2n) is 4.25. The van der Waals surface area contributed by atoms with E-state index < -0.39 is 30.6 Å². The number of hydrogen-bond donors (Lipinski definition) is 4. The molecule has 14 heavy (non-hydrogen) atoms. The van der Waals surface area contributed by atoms with Crippen molar-refractivity contribution in [3.8, 4) is 0 Å². The van der Waals surface area contributed by atoms with Crippen LogP contribution in [0.3, 0.4) is 0 Å². The first kappa shape index (κ1) is 11.9. The predicted molar refractivity (Wildman–Crippen MR) is 50.3 cm³/mol. The molecule has 1 aliphatic rings. The van der Waals surface area contributed by atoms with Crippen LogP contribution >= 0.6 is 0 Å². The molecule has 5 nitrogen and oxygen atoms in total. The molecular weight excluding hydrogens is 186 g/mol. The van der Waals surface area contributed by atoms with Crippen molar-refractivity contribution in [2.24, 2.45) is 11.7 Å². The number of hydrogen-bond acceptors (Lipinski definition) is 5. The van der Waals surface area contributed by atoms with Gasteiger partial charge in [0.2, 0.25) is 0 Å². The fourth-order valence-corrected chi connectivity index (χ4v) is 1.63. The van der Waals surface area contributed by atoms with Crippen molar-refractivity contribution >= 4 is 0 Å². The third-order valence-corrected chi connectivity index (χ3v) is 2.47. The molecule has 0 spiro atoms. The molecule has 0 amide bonds. The average Bonchev–Trinajstić information content (AvgIpc) is 2.10. The zero-order chi connectivity index (χ0) is 10.9. The minimum Gasteiger partial charge on any atom is -0.388 e. The topological polar surface area (TPSA) is 95.9 Å². The summed E-state index contributed by atoms with van der Waals surface area (Å²) >= 11 is 0. The first-order chi connectivity index (χ1) is 6.43. The van der Waals surface area contributed by atoms with Crippen LogP contribution in [-0.2, 0) is 4.74 Å². The Morgan fingerprint density at radius 3 is 2.29 bits per heavy atom. The molecule has 5 unspecified atom stereocenters. The molecule has 0 aromatic rings. The normalized spacial score (nSPS) is 44.4. The third-order valence-electron chi connectivity index (χ3n) is 2.47. The fourth-order valence-electron chi connectivity index (χ4n) is 1.63. The Hall–Kier alpha value is -0.200. The monoisotopic (exact) mass is 205 g/mol. The highest BCUT2D eigenvalue weighted by molar-refractivity contribution is 4.91. The van der Waals surface area contributed by atoms with E-state index in [0.29, 0.717) is 12.3 Å². The van der Waals surface area contributed by atoms with Crippen molar-refractivity contribution < 1.29 is 20.1 Å². The number of ether oxygens (including phenoxy) is 1. The molecule has 0 saturated carbocycles. The average molecular weight is 205 g/mol. The first-order valence-corrected chi connectivity index (χ1v) is 4.88. The molecular formula is C9H19NO4. The molecule has 0 aromatic heterocycles. The molecule has 0 aromatic carbocycles. The van der Waals surface area contributed by atoms with Crippen LogP contribution < -0.4 is 5.73 Å². The van der Waals surface area contributed by atoms with E-state index in [1.165, 1.54) is 0 Å². The van der Waals surface area contributed by atoms with Gasteiger partial charge in [-0.1, -0.05) is 13.8 Å². The Bertz CT molecular complexity index is 188. The van der Waals surface area contributed by atoms with E-state index in [4.69, 9.17) is 10.5 Å². The second-order valence-corrected chi connectivity index (χ2v) is 4.25. The van der Waals surface area contributed by atoms with Crippen LogP contribution in [0.4, 0.5) is 0 Å². The highest BCUT2D eigenvalue weighted by atomic mass is 16.6. The maximum atomic E-state index is 9.61. The smallest absolute Gasteiger partial charge is 0.172 e. The maximum Gasteiger partial charge on any atom is 0.172 e. The van der Waals surface area contributed by atoms with Gasteiger partial charge in [0.1, 0.15) is 12.2 Å². The van der Waals surface area contributed by atoms with E-state index in [2.05, 4.69) is 0 Å². The number of rotatable bonds is 2. The van der Waals surface area contributed by atoms with Crippen LogP contribution in [0.25, 0.3) is 0 Å². The van der Waals surface area contributed by atoms with Gasteiger partial charge in [0.15, 0.2) is 6.29 Å². The van der Waals surface area contributed by atoms with Crippen LogP contribution in [-0.4, -0.2) is 46.0 Å². The summed E-state index contributed by atoms with van der Waals surface area (Å²) in [6.45, 7) is 3.95. The molecule has 0 aliphatic carbocycles. The standard InChI is InChI=1S/C9H19NO4/c1-4(2)3-5-7(11)8(12)6(10)9(13)14-5/h4-9,11-13H,3,10H2,1-2H3. The van der Waals surface area contributed by atoms with Crippen LogP contribution in [0.5, 0.6) is 0 Å². The minimum absolute atomic E-state index is 0.323. The number of aliphatic hydroxyl groups is 3. The van der Waals surface area contributed by atoms with Crippen molar-refractivity contribution in [3.05, 3.63) is 0 Å². The molecule has 1 rings (SSSR count). The molecule has 1 aliphatic heterocycles. The Morgan fingerprint density at radius 1 is 1.21 bits per heavy atom. The van der Waals surface area contributed by atoms with Gasteiger partial charge in [0, 0.05) is 0 Å². The van der Waals surface area contributed by atoms with Gasteiger partial charge in [-0.15, -0.1) is 0 Å². The highest BCUT2D eigenvalue weighted by Crippen LogP contribution is 2.23. The Labute approximate surface area is 83.5 Å². The molecule has 5 atom stereocenters. The Balaban J connectivity index is 2.60. The molecule has 1 saturated heterocycles. The van der Waals surface area contributed by atoms with Crippen molar-refractivity contribution in [1.29, 1.82) is 0 Å². The summed E-state index contributed by atoms with van der Waals surface area (Å²) in [5.41, 5.74) is 5.42. The molecule has 0 radical (unpaired) electrons. The summed E-state index contributed by atoms with van der Waals surface area (Å²) in [6, 6.07) is -0.937. The van der Waals surface area contributed by atoms with E-state index in [1.807, 2.05) is 13.8 Å². The van der Waals surface area contributed by atoms with E-state index in [9.17, 15) is 15.3 Å². The lowest BCUT2D eigenvalue weighted by molar-refractivity contribution is -0.244. The summed E-state index contributed by atoms with van der Waals surface area (Å²) < 4.78 is 5.11. The van der Waals surface area contributed by atoms with Gasteiger partial charge in [-0.3, -0.25) is 0 Å². The SMILES string of the molecule is CC(C)CC1OC(O)C(N)C(O)C1O. The fraction of sp³-hybridized carbons (Fsp3) is 1.00. The van der Waals surface area contributed by atoms with Gasteiger partial charge >= 0.3 is 0 Å². The maximum absolute atomic E-state index is 9.61. The largest absolute Gasteiger partial charge is 0.388 e. The van der Waals surface area contributed by atoms with Crippen molar-refractivity contribution in [2.45, 2.75) is 50.9 Å². The van der Waals surface area contributed by atoms with Crippen molar-refractivity contribution in [3.63, 3.8) is 0 Å². The van der Waals surface area contributed by atoms with Crippen LogP contribution in [0, 0.1) is 5.92 Å². The van der Waals surface area contributed by atoms with E-state index in [0.717, 1.165) is 0 Å². The van der Waals surface area contributed by atoms with E-state index in [-0.39, 0.29) is 0 Å². The van der Waals surface area contributed by atoms with Gasteiger partial charge in [-0.25, -0.2) is 0 Å². The van der Waals surface area contributed by atoms with E-state index in [1.54, 1.807) is 0 Å². The van der Waals surface area contributed by atoms with Gasteiger partial charge in [0.25, 0.3) is 0 Å². The molecule has 1 heterocycles. The van der Waals surface area contributed by atoms with Gasteiger partial charge < -0.3 is 25.8 Å². The predicted octanol–water partition coefficient (Wildman–Crippen LogP) is -1.20. The van der Waals surface area contributed by atoms with Crippen LogP contribution in [0.15, 0.2) is 0 Å². The zero-order valence-electron chi connectivity index (χ0n) is 8.50. The molecule has 84 valence electrons. The summed E-state index contributed by atoms with van der Waals surface area (Å²) in [6.07, 6.45) is -3.29. The zero-order valence-corrected chi connectivity index (χ0v) is 8.50. The Morgan fingerprint density at radius 2 is 1.79 bits per heavy atom. The quantitative estimate of drug-likeness (QED) is 0.454. The molecule has 0 bridgehead atoms. The summed E-state index contributed by atoms with van der Waals surface area (Å²) in [5, 5.41) is 28.4. The lowest BCUT2D eigenvalue weighted by Crippen LogP contribution is -2.61. The molecule has 1 fully saturated rings. The van der Waals surface area contributed by atoms with Gasteiger partial charge in [-0.2, -0.15) is 0 Å². The lowest BCUT2D eigenvalue weighted by Gasteiger charge is -2.39. The van der Waals surface area contributed by atoms with Crippen LogP contribution in [0.1, 0.15) is 20.3 Å². The van der Waals surface area contributed by atoms with Crippen molar-refractivity contribution in [2.75, 3.05) is 0 Å². The molecule has 5 N–H and O–H groups in total. The number of nitrogens with two attached hydrogens (primary N) is 1. The third kappa shape index (κ3) is 2.43.